The van der Waals surface area contributed by atoms with Crippen LogP contribution in [0.4, 0.5) is 0 Å². The molecule has 0 spiro atoms. The first-order valence-electron chi connectivity index (χ1n) is 9.80. The van der Waals surface area contributed by atoms with E-state index in [2.05, 4.69) is 0 Å². The molecule has 0 bridgehead atoms. The first-order chi connectivity index (χ1) is 13.6. The van der Waals surface area contributed by atoms with Crippen molar-refractivity contribution in [3.8, 4) is 5.75 Å². The van der Waals surface area contributed by atoms with Crippen molar-refractivity contribution in [3.63, 3.8) is 0 Å². The molecule has 1 aromatic rings. The second-order valence-corrected chi connectivity index (χ2v) is 7.38. The molecular formula is C20H30O8. The normalized spacial score (nSPS) is 30.8. The zero-order valence-electron chi connectivity index (χ0n) is 15.9. The van der Waals surface area contributed by atoms with Gasteiger partial charge in [0, 0.05) is 12.5 Å². The van der Waals surface area contributed by atoms with E-state index < -0.39 is 37.3 Å². The Morgan fingerprint density at radius 1 is 0.964 bits per heavy atom. The van der Waals surface area contributed by atoms with Gasteiger partial charge in [0.1, 0.15) is 30.2 Å². The summed E-state index contributed by atoms with van der Waals surface area (Å²) in [4.78, 5) is 0. The molecule has 2 aliphatic heterocycles. The predicted molar refractivity (Wildman–Crippen MR) is 98.9 cm³/mol. The maximum absolute atomic E-state index is 9.92. The highest BCUT2D eigenvalue weighted by Gasteiger charge is 2.43. The van der Waals surface area contributed by atoms with E-state index in [0.717, 1.165) is 38.2 Å². The summed E-state index contributed by atoms with van der Waals surface area (Å²) >= 11 is 0. The largest absolute Gasteiger partial charge is 0.493 e. The molecule has 2 heterocycles. The van der Waals surface area contributed by atoms with Gasteiger partial charge in [0.25, 0.3) is 0 Å². The van der Waals surface area contributed by atoms with Gasteiger partial charge in [0.15, 0.2) is 6.29 Å². The third-order valence-electron chi connectivity index (χ3n) is 5.11. The minimum atomic E-state index is -1.41. The second kappa shape index (κ2) is 10.5. The molecule has 0 aliphatic carbocycles. The first-order valence-corrected chi connectivity index (χ1v) is 9.80. The van der Waals surface area contributed by atoms with Gasteiger partial charge < -0.3 is 39.4 Å². The van der Waals surface area contributed by atoms with Crippen LogP contribution in [0.25, 0.3) is 0 Å². The van der Waals surface area contributed by atoms with Crippen LogP contribution < -0.4 is 4.74 Å². The Hall–Kier alpha value is -1.26. The highest BCUT2D eigenvalue weighted by molar-refractivity contribution is 5.27. The SMILES string of the molecule is OC[C@H]1O[C@@H](OCCCCc2ccc(OCC3COC3)cc2)[C@H](O)[C@@H](O)[C@@H]1O. The van der Waals surface area contributed by atoms with Crippen molar-refractivity contribution in [2.45, 2.75) is 50.0 Å². The van der Waals surface area contributed by atoms with Gasteiger partial charge in [-0.25, -0.2) is 0 Å². The fourth-order valence-corrected chi connectivity index (χ4v) is 3.18. The number of benzene rings is 1. The smallest absolute Gasteiger partial charge is 0.186 e. The van der Waals surface area contributed by atoms with Gasteiger partial charge in [0.05, 0.1) is 26.4 Å². The number of aliphatic hydroxyl groups excluding tert-OH is 4. The van der Waals surface area contributed by atoms with Gasteiger partial charge >= 0.3 is 0 Å². The summed E-state index contributed by atoms with van der Waals surface area (Å²) in [5, 5.41) is 38.6. The summed E-state index contributed by atoms with van der Waals surface area (Å²) in [7, 11) is 0. The predicted octanol–water partition coefficient (Wildman–Crippen LogP) is -0.149. The molecular weight excluding hydrogens is 368 g/mol. The Balaban J connectivity index is 1.32. The summed E-state index contributed by atoms with van der Waals surface area (Å²) in [5.41, 5.74) is 1.20. The topological polar surface area (TPSA) is 118 Å². The Kier molecular flexibility index (Phi) is 8.04. The Labute approximate surface area is 164 Å². The zero-order chi connectivity index (χ0) is 19.9. The van der Waals surface area contributed by atoms with Gasteiger partial charge in [-0.3, -0.25) is 0 Å². The maximum Gasteiger partial charge on any atom is 0.186 e. The molecule has 0 saturated carbocycles. The first kappa shape index (κ1) is 21.4. The third kappa shape index (κ3) is 5.64. The van der Waals surface area contributed by atoms with Crippen molar-refractivity contribution < 1.29 is 39.4 Å². The standard InChI is InChI=1S/C20H30O8/c21-9-16-17(22)18(23)19(24)20(28-16)26-8-2-1-3-13-4-6-15(7-5-13)27-12-14-10-25-11-14/h4-7,14,16-24H,1-3,8-12H2/t16-,17-,18+,19-,20-/m1/s1. The van der Waals surface area contributed by atoms with E-state index in [1.54, 1.807) is 0 Å². The Bertz CT molecular complexity index is 574. The number of unbranched alkanes of at least 4 members (excludes halogenated alkanes) is 1. The van der Waals surface area contributed by atoms with Crippen molar-refractivity contribution in [2.24, 2.45) is 5.92 Å². The lowest BCUT2D eigenvalue weighted by Crippen LogP contribution is -2.59. The summed E-state index contributed by atoms with van der Waals surface area (Å²) in [6.07, 6.45) is -3.62. The monoisotopic (exact) mass is 398 g/mol. The molecule has 2 aliphatic rings. The van der Waals surface area contributed by atoms with Crippen LogP contribution in [0.2, 0.25) is 0 Å². The lowest BCUT2D eigenvalue weighted by molar-refractivity contribution is -0.301. The lowest BCUT2D eigenvalue weighted by atomic mass is 9.99. The summed E-state index contributed by atoms with van der Waals surface area (Å²) in [6.45, 7) is 2.13. The Morgan fingerprint density at radius 3 is 2.36 bits per heavy atom. The fraction of sp³-hybridized carbons (Fsp3) is 0.700. The summed E-state index contributed by atoms with van der Waals surface area (Å²) in [6, 6.07) is 8.04. The van der Waals surface area contributed by atoms with Gasteiger partial charge in [-0.2, -0.15) is 0 Å². The molecule has 0 amide bonds. The average Bonchev–Trinajstić information content (AvgIpc) is 2.67. The van der Waals surface area contributed by atoms with Crippen LogP contribution in [-0.4, -0.2) is 84.2 Å². The fourth-order valence-electron chi connectivity index (χ4n) is 3.18. The van der Waals surface area contributed by atoms with Crippen LogP contribution in [0, 0.1) is 5.92 Å². The molecule has 158 valence electrons. The van der Waals surface area contributed by atoms with Crippen molar-refractivity contribution >= 4 is 0 Å². The quantitative estimate of drug-likeness (QED) is 0.402. The highest BCUT2D eigenvalue weighted by atomic mass is 16.7. The van der Waals surface area contributed by atoms with E-state index >= 15 is 0 Å². The lowest BCUT2D eigenvalue weighted by Gasteiger charge is -2.39. The zero-order valence-corrected chi connectivity index (χ0v) is 15.9. The van der Waals surface area contributed by atoms with E-state index in [1.165, 1.54) is 5.56 Å². The molecule has 8 heteroatoms. The van der Waals surface area contributed by atoms with Crippen LogP contribution in [0.5, 0.6) is 5.75 Å². The van der Waals surface area contributed by atoms with Crippen molar-refractivity contribution in [3.05, 3.63) is 29.8 Å². The molecule has 0 radical (unpaired) electrons. The maximum atomic E-state index is 9.92. The van der Waals surface area contributed by atoms with Crippen molar-refractivity contribution in [1.82, 2.24) is 0 Å². The highest BCUT2D eigenvalue weighted by Crippen LogP contribution is 2.22. The molecule has 28 heavy (non-hydrogen) atoms. The van der Waals surface area contributed by atoms with E-state index in [1.807, 2.05) is 24.3 Å². The molecule has 1 aromatic carbocycles. The number of hydrogen-bond donors (Lipinski definition) is 4. The van der Waals surface area contributed by atoms with E-state index in [9.17, 15) is 15.3 Å². The number of rotatable bonds is 10. The molecule has 0 aromatic heterocycles. The molecule has 4 N–H and O–H groups in total. The number of aliphatic hydroxyl groups is 4. The van der Waals surface area contributed by atoms with Crippen LogP contribution in [-0.2, 0) is 20.6 Å². The molecule has 0 unspecified atom stereocenters. The van der Waals surface area contributed by atoms with Crippen LogP contribution in [0.1, 0.15) is 18.4 Å². The van der Waals surface area contributed by atoms with E-state index in [4.69, 9.17) is 24.1 Å². The van der Waals surface area contributed by atoms with Crippen LogP contribution >= 0.6 is 0 Å². The average molecular weight is 398 g/mol. The molecule has 5 atom stereocenters. The van der Waals surface area contributed by atoms with Gasteiger partial charge in [-0.05, 0) is 37.0 Å². The number of aryl methyl sites for hydroxylation is 1. The minimum absolute atomic E-state index is 0.341. The van der Waals surface area contributed by atoms with Gasteiger partial charge in [-0.15, -0.1) is 0 Å². The van der Waals surface area contributed by atoms with Gasteiger partial charge in [-0.1, -0.05) is 12.1 Å². The van der Waals surface area contributed by atoms with Crippen LogP contribution in [0.15, 0.2) is 24.3 Å². The number of ether oxygens (including phenoxy) is 4. The molecule has 3 rings (SSSR count). The van der Waals surface area contributed by atoms with E-state index in [-0.39, 0.29) is 0 Å². The molecule has 8 nitrogen and oxygen atoms in total. The molecule has 2 fully saturated rings. The third-order valence-corrected chi connectivity index (χ3v) is 5.11. The Morgan fingerprint density at radius 2 is 1.71 bits per heavy atom. The molecule has 2 saturated heterocycles. The van der Waals surface area contributed by atoms with Gasteiger partial charge in [0.2, 0.25) is 0 Å². The van der Waals surface area contributed by atoms with Crippen molar-refractivity contribution in [1.29, 1.82) is 0 Å². The van der Waals surface area contributed by atoms with Crippen molar-refractivity contribution in [2.75, 3.05) is 33.0 Å². The summed E-state index contributed by atoms with van der Waals surface area (Å²) < 4.78 is 21.6. The number of hydrogen-bond acceptors (Lipinski definition) is 8. The minimum Gasteiger partial charge on any atom is -0.493 e. The summed E-state index contributed by atoms with van der Waals surface area (Å²) in [5.74, 6) is 1.37. The van der Waals surface area contributed by atoms with E-state index in [0.29, 0.717) is 19.1 Å². The van der Waals surface area contributed by atoms with Crippen LogP contribution in [0.3, 0.4) is 0 Å². The second-order valence-electron chi connectivity index (χ2n) is 7.38.